The maximum atomic E-state index is 11.9. The van der Waals surface area contributed by atoms with Crippen LogP contribution in [0.15, 0.2) is 24.5 Å². The smallest absolute Gasteiger partial charge is 0.319 e. The molecule has 0 radical (unpaired) electrons. The summed E-state index contributed by atoms with van der Waals surface area (Å²) in [6.45, 7) is 2.80. The van der Waals surface area contributed by atoms with Crippen LogP contribution < -0.4 is 16.0 Å². The number of hydrogen-bond donors (Lipinski definition) is 4. The number of anilines is 1. The number of pyridine rings is 1. The average molecular weight is 378 g/mol. The second kappa shape index (κ2) is 9.12. The molecule has 1 aromatic heterocycles. The van der Waals surface area contributed by atoms with Crippen molar-refractivity contribution in [1.82, 2.24) is 15.6 Å². The molecule has 3 heterocycles. The molecule has 5 atom stereocenters. The van der Waals surface area contributed by atoms with Crippen molar-refractivity contribution >= 4 is 17.6 Å². The third-order valence-corrected chi connectivity index (χ3v) is 4.65. The Morgan fingerprint density at radius 1 is 1.33 bits per heavy atom. The summed E-state index contributed by atoms with van der Waals surface area (Å²) < 4.78 is 11.6. The van der Waals surface area contributed by atoms with Crippen molar-refractivity contribution in [2.75, 3.05) is 18.4 Å². The summed E-state index contributed by atoms with van der Waals surface area (Å²) in [6, 6.07) is 3.04. The lowest BCUT2D eigenvalue weighted by Gasteiger charge is -2.20. The predicted molar refractivity (Wildman–Crippen MR) is 97.1 cm³/mol. The molecule has 9 heteroatoms. The van der Waals surface area contributed by atoms with E-state index in [-0.39, 0.29) is 31.1 Å². The molecular formula is C18H26N4O5. The predicted octanol–water partition coefficient (Wildman–Crippen LogP) is 0.405. The van der Waals surface area contributed by atoms with Crippen LogP contribution in [0.1, 0.15) is 26.2 Å². The van der Waals surface area contributed by atoms with Gasteiger partial charge in [-0.3, -0.25) is 9.78 Å². The van der Waals surface area contributed by atoms with Gasteiger partial charge in [-0.25, -0.2) is 4.79 Å². The molecule has 5 unspecified atom stereocenters. The van der Waals surface area contributed by atoms with Crippen LogP contribution in [-0.2, 0) is 14.3 Å². The monoisotopic (exact) mass is 378 g/mol. The summed E-state index contributed by atoms with van der Waals surface area (Å²) in [5.41, 5.74) is 0.576. The topological polar surface area (TPSA) is 122 Å². The molecule has 0 aliphatic carbocycles. The van der Waals surface area contributed by atoms with E-state index < -0.39 is 24.3 Å². The van der Waals surface area contributed by atoms with Gasteiger partial charge in [-0.1, -0.05) is 6.92 Å². The number of ether oxygens (including phenoxy) is 2. The van der Waals surface area contributed by atoms with E-state index in [1.165, 1.54) is 6.20 Å². The third kappa shape index (κ3) is 5.15. The molecule has 0 aromatic carbocycles. The standard InChI is InChI=1S/C18H26N4O5/c1-2-5-20-15(23)8-12-7-13-17(26-12)16(24)14(27-13)10-21-18(25)22-11-4-3-6-19-9-11/h3-4,6,9,12-14,16-17,24H,2,5,7-8,10H2,1H3,(H,20,23)(H2,21,22,25). The molecule has 3 amide bonds. The van der Waals surface area contributed by atoms with Gasteiger partial charge in [0.25, 0.3) is 0 Å². The van der Waals surface area contributed by atoms with Gasteiger partial charge in [-0.15, -0.1) is 0 Å². The molecule has 0 spiro atoms. The number of nitrogens with zero attached hydrogens (tertiary/aromatic N) is 1. The zero-order valence-corrected chi connectivity index (χ0v) is 15.3. The van der Waals surface area contributed by atoms with Gasteiger partial charge in [0.1, 0.15) is 18.3 Å². The minimum Gasteiger partial charge on any atom is -0.388 e. The van der Waals surface area contributed by atoms with Gasteiger partial charge in [0.15, 0.2) is 0 Å². The Morgan fingerprint density at radius 2 is 2.19 bits per heavy atom. The summed E-state index contributed by atoms with van der Waals surface area (Å²) in [6.07, 6.45) is 2.47. The number of carbonyl (C=O) groups is 2. The third-order valence-electron chi connectivity index (χ3n) is 4.65. The molecule has 1 aromatic rings. The number of aromatic nitrogens is 1. The first-order chi connectivity index (χ1) is 13.1. The normalized spacial score (nSPS) is 29.2. The van der Waals surface area contributed by atoms with Crippen molar-refractivity contribution < 1.29 is 24.2 Å². The molecule has 9 nitrogen and oxygen atoms in total. The highest BCUT2D eigenvalue weighted by atomic mass is 16.6. The van der Waals surface area contributed by atoms with Crippen LogP contribution in [0.4, 0.5) is 10.5 Å². The number of amides is 3. The molecule has 148 valence electrons. The van der Waals surface area contributed by atoms with E-state index >= 15 is 0 Å². The zero-order valence-electron chi connectivity index (χ0n) is 15.3. The summed E-state index contributed by atoms with van der Waals surface area (Å²) >= 11 is 0. The van der Waals surface area contributed by atoms with Gasteiger partial charge >= 0.3 is 6.03 Å². The number of nitrogens with one attached hydrogen (secondary N) is 3. The van der Waals surface area contributed by atoms with Gasteiger partial charge in [-0.2, -0.15) is 0 Å². The number of aliphatic hydroxyl groups excluding tert-OH is 1. The Hall–Kier alpha value is -2.23. The molecular weight excluding hydrogens is 352 g/mol. The maximum Gasteiger partial charge on any atom is 0.319 e. The fraction of sp³-hybridized carbons (Fsp3) is 0.611. The van der Waals surface area contributed by atoms with Crippen molar-refractivity contribution in [3.8, 4) is 0 Å². The van der Waals surface area contributed by atoms with Crippen LogP contribution in [0.25, 0.3) is 0 Å². The van der Waals surface area contributed by atoms with Crippen molar-refractivity contribution in [1.29, 1.82) is 0 Å². The van der Waals surface area contributed by atoms with Crippen LogP contribution >= 0.6 is 0 Å². The van der Waals surface area contributed by atoms with Crippen molar-refractivity contribution in [3.05, 3.63) is 24.5 Å². The summed E-state index contributed by atoms with van der Waals surface area (Å²) in [4.78, 5) is 27.6. The Kier molecular flexibility index (Phi) is 6.59. The summed E-state index contributed by atoms with van der Waals surface area (Å²) in [5, 5.41) is 18.6. The Labute approximate surface area is 157 Å². The molecule has 2 aliphatic heterocycles. The molecule has 2 fully saturated rings. The van der Waals surface area contributed by atoms with Crippen molar-refractivity contribution in [2.24, 2.45) is 0 Å². The minimum absolute atomic E-state index is 0.0541. The number of urea groups is 1. The number of rotatable bonds is 7. The van der Waals surface area contributed by atoms with E-state index in [0.717, 1.165) is 6.42 Å². The van der Waals surface area contributed by atoms with E-state index in [2.05, 4.69) is 20.9 Å². The quantitative estimate of drug-likeness (QED) is 0.545. The first-order valence-electron chi connectivity index (χ1n) is 9.27. The second-order valence-corrected chi connectivity index (χ2v) is 6.79. The van der Waals surface area contributed by atoms with Crippen molar-refractivity contribution in [2.45, 2.75) is 56.7 Å². The highest BCUT2D eigenvalue weighted by Crippen LogP contribution is 2.35. The highest BCUT2D eigenvalue weighted by molar-refractivity contribution is 5.88. The maximum absolute atomic E-state index is 11.9. The van der Waals surface area contributed by atoms with Gasteiger partial charge < -0.3 is 30.5 Å². The van der Waals surface area contributed by atoms with Crippen molar-refractivity contribution in [3.63, 3.8) is 0 Å². The average Bonchev–Trinajstić information content (AvgIpc) is 3.17. The van der Waals surface area contributed by atoms with Gasteiger partial charge in [-0.05, 0) is 18.6 Å². The second-order valence-electron chi connectivity index (χ2n) is 6.79. The lowest BCUT2D eigenvalue weighted by Crippen LogP contribution is -2.42. The molecule has 2 saturated heterocycles. The SMILES string of the molecule is CCCNC(=O)CC1CC2OC(CNC(=O)Nc3cccnc3)C(O)C2O1. The lowest BCUT2D eigenvalue weighted by atomic mass is 10.1. The van der Waals surface area contributed by atoms with E-state index in [1.54, 1.807) is 18.3 Å². The molecule has 0 bridgehead atoms. The number of carbonyl (C=O) groups excluding carboxylic acids is 2. The Bertz CT molecular complexity index is 644. The number of aliphatic hydroxyl groups is 1. The van der Waals surface area contributed by atoms with E-state index in [4.69, 9.17) is 9.47 Å². The summed E-state index contributed by atoms with van der Waals surface area (Å²) in [5.74, 6) is -0.0541. The zero-order chi connectivity index (χ0) is 19.2. The van der Waals surface area contributed by atoms with Crippen LogP contribution in [0.5, 0.6) is 0 Å². The molecule has 3 rings (SSSR count). The first-order valence-corrected chi connectivity index (χ1v) is 9.27. The van der Waals surface area contributed by atoms with Gasteiger partial charge in [0.05, 0.1) is 30.5 Å². The van der Waals surface area contributed by atoms with E-state index in [0.29, 0.717) is 18.7 Å². The number of fused-ring (bicyclic) bond motifs is 1. The minimum atomic E-state index is -0.850. The Balaban J connectivity index is 1.40. The molecule has 2 aliphatic rings. The van der Waals surface area contributed by atoms with E-state index in [1.807, 2.05) is 6.92 Å². The fourth-order valence-electron chi connectivity index (χ4n) is 3.36. The van der Waals surface area contributed by atoms with Crippen LogP contribution in [0.3, 0.4) is 0 Å². The van der Waals surface area contributed by atoms with Gasteiger partial charge in [0.2, 0.25) is 5.91 Å². The highest BCUT2D eigenvalue weighted by Gasteiger charge is 2.50. The molecule has 27 heavy (non-hydrogen) atoms. The number of hydrogen-bond acceptors (Lipinski definition) is 6. The largest absolute Gasteiger partial charge is 0.388 e. The van der Waals surface area contributed by atoms with Crippen LogP contribution in [0, 0.1) is 0 Å². The lowest BCUT2D eigenvalue weighted by molar-refractivity contribution is -0.124. The van der Waals surface area contributed by atoms with Gasteiger partial charge in [0, 0.05) is 25.7 Å². The van der Waals surface area contributed by atoms with Crippen LogP contribution in [-0.4, -0.2) is 65.6 Å². The first kappa shape index (κ1) is 19.5. The Morgan fingerprint density at radius 3 is 2.89 bits per heavy atom. The molecule has 4 N–H and O–H groups in total. The van der Waals surface area contributed by atoms with E-state index in [9.17, 15) is 14.7 Å². The fourth-order valence-corrected chi connectivity index (χ4v) is 3.36. The summed E-state index contributed by atoms with van der Waals surface area (Å²) in [7, 11) is 0. The van der Waals surface area contributed by atoms with Crippen LogP contribution in [0.2, 0.25) is 0 Å². The molecule has 0 saturated carbocycles.